The number of benzene rings is 1. The third-order valence-corrected chi connectivity index (χ3v) is 2.84. The van der Waals surface area contributed by atoms with Gasteiger partial charge in [0.25, 0.3) is 0 Å². The fraction of sp³-hybridized carbons (Fsp3) is 0.467. The normalized spacial score (nSPS) is 10.4. The molecule has 0 bridgehead atoms. The fourth-order valence-corrected chi connectivity index (χ4v) is 1.69. The van der Waals surface area contributed by atoms with Crippen LogP contribution in [0.1, 0.15) is 36.2 Å². The molecule has 1 aromatic carbocycles. The molecule has 0 aliphatic heterocycles. The van der Waals surface area contributed by atoms with Crippen LogP contribution in [-0.2, 0) is 9.53 Å². The quantitative estimate of drug-likeness (QED) is 0.782. The van der Waals surface area contributed by atoms with Crippen molar-refractivity contribution in [2.24, 2.45) is 0 Å². The highest BCUT2D eigenvalue weighted by atomic mass is 16.5. The zero-order chi connectivity index (χ0) is 15.1. The number of hydrogen-bond donors (Lipinski definition) is 2. The molecule has 2 N–H and O–H groups in total. The van der Waals surface area contributed by atoms with E-state index < -0.39 is 5.97 Å². The van der Waals surface area contributed by atoms with Crippen molar-refractivity contribution in [3.05, 3.63) is 29.3 Å². The highest BCUT2D eigenvalue weighted by Crippen LogP contribution is 2.17. The molecule has 0 heterocycles. The van der Waals surface area contributed by atoms with Crippen LogP contribution in [0.15, 0.2) is 18.2 Å². The number of ether oxygens (including phenoxy) is 1. The van der Waals surface area contributed by atoms with Crippen molar-refractivity contribution < 1.29 is 14.3 Å². The molecule has 110 valence electrons. The highest BCUT2D eigenvalue weighted by Gasteiger charge is 2.10. The van der Waals surface area contributed by atoms with Gasteiger partial charge in [0.1, 0.15) is 0 Å². The molecule has 0 saturated heterocycles. The van der Waals surface area contributed by atoms with E-state index in [2.05, 4.69) is 15.4 Å². The molecule has 1 aromatic rings. The van der Waals surface area contributed by atoms with Crippen molar-refractivity contribution in [1.82, 2.24) is 5.32 Å². The number of carbonyl (C=O) groups excluding carboxylic acids is 2. The Hall–Kier alpha value is -1.88. The van der Waals surface area contributed by atoms with E-state index in [0.717, 1.165) is 5.56 Å². The summed E-state index contributed by atoms with van der Waals surface area (Å²) in [6.07, 6.45) is 0.389. The predicted octanol–water partition coefficient (Wildman–Crippen LogP) is 2.11. The van der Waals surface area contributed by atoms with Crippen LogP contribution in [0.5, 0.6) is 0 Å². The van der Waals surface area contributed by atoms with E-state index in [4.69, 9.17) is 0 Å². The number of carbonyl (C=O) groups is 2. The number of amides is 1. The molecule has 0 aromatic heterocycles. The van der Waals surface area contributed by atoms with Crippen molar-refractivity contribution >= 4 is 17.6 Å². The predicted molar refractivity (Wildman–Crippen MR) is 78.9 cm³/mol. The van der Waals surface area contributed by atoms with Crippen LogP contribution >= 0.6 is 0 Å². The van der Waals surface area contributed by atoms with Crippen molar-refractivity contribution in [1.29, 1.82) is 0 Å². The smallest absolute Gasteiger partial charge is 0.337 e. The molecule has 1 amide bonds. The molecule has 0 radical (unpaired) electrons. The number of esters is 1. The van der Waals surface area contributed by atoms with Gasteiger partial charge in [0.2, 0.25) is 5.91 Å². The first-order chi connectivity index (χ1) is 9.43. The van der Waals surface area contributed by atoms with Gasteiger partial charge in [-0.05, 0) is 24.6 Å². The summed E-state index contributed by atoms with van der Waals surface area (Å²) >= 11 is 0. The van der Waals surface area contributed by atoms with Crippen molar-refractivity contribution in [3.63, 3.8) is 0 Å². The van der Waals surface area contributed by atoms with E-state index in [-0.39, 0.29) is 5.91 Å². The average molecular weight is 278 g/mol. The second kappa shape index (κ2) is 7.65. The van der Waals surface area contributed by atoms with Gasteiger partial charge in [0, 0.05) is 24.7 Å². The highest BCUT2D eigenvalue weighted by molar-refractivity contribution is 5.95. The Kier molecular flexibility index (Phi) is 6.18. The summed E-state index contributed by atoms with van der Waals surface area (Å²) in [4.78, 5) is 23.3. The largest absolute Gasteiger partial charge is 0.465 e. The van der Waals surface area contributed by atoms with Gasteiger partial charge in [0.15, 0.2) is 0 Å². The van der Waals surface area contributed by atoms with E-state index in [1.54, 1.807) is 18.2 Å². The third kappa shape index (κ3) is 5.01. The number of rotatable bonds is 6. The minimum Gasteiger partial charge on any atom is -0.465 e. The molecule has 0 saturated carbocycles. The number of hydrogen-bond acceptors (Lipinski definition) is 4. The second-order valence-electron chi connectivity index (χ2n) is 4.93. The summed E-state index contributed by atoms with van der Waals surface area (Å²) in [6, 6.07) is 5.45. The second-order valence-corrected chi connectivity index (χ2v) is 4.93. The first-order valence-electron chi connectivity index (χ1n) is 6.66. The zero-order valence-corrected chi connectivity index (χ0v) is 12.4. The van der Waals surface area contributed by atoms with E-state index in [1.807, 2.05) is 20.8 Å². The van der Waals surface area contributed by atoms with Crippen LogP contribution in [0.2, 0.25) is 0 Å². The van der Waals surface area contributed by atoms with E-state index >= 15 is 0 Å². The molecular formula is C15H22N2O3. The SMILES string of the molecule is COC(=O)c1ccc(C)c(NC(=O)CCNC(C)C)c1. The first kappa shape index (κ1) is 16.2. The van der Waals surface area contributed by atoms with Crippen LogP contribution in [0.4, 0.5) is 5.69 Å². The van der Waals surface area contributed by atoms with Crippen LogP contribution in [0.25, 0.3) is 0 Å². The van der Waals surface area contributed by atoms with Gasteiger partial charge in [-0.2, -0.15) is 0 Å². The lowest BCUT2D eigenvalue weighted by Gasteiger charge is -2.11. The Morgan fingerprint density at radius 2 is 2.00 bits per heavy atom. The Bertz CT molecular complexity index is 484. The van der Waals surface area contributed by atoms with Crippen LogP contribution in [-0.4, -0.2) is 31.6 Å². The summed E-state index contributed by atoms with van der Waals surface area (Å²) < 4.78 is 4.67. The van der Waals surface area contributed by atoms with Gasteiger partial charge in [-0.1, -0.05) is 19.9 Å². The maximum absolute atomic E-state index is 11.8. The maximum Gasteiger partial charge on any atom is 0.337 e. The van der Waals surface area contributed by atoms with Gasteiger partial charge in [-0.3, -0.25) is 4.79 Å². The fourth-order valence-electron chi connectivity index (χ4n) is 1.69. The Balaban J connectivity index is 2.66. The molecule has 0 unspecified atom stereocenters. The van der Waals surface area contributed by atoms with E-state index in [0.29, 0.717) is 30.3 Å². The molecule has 1 rings (SSSR count). The summed E-state index contributed by atoms with van der Waals surface area (Å²) in [5.41, 5.74) is 1.97. The molecule has 0 spiro atoms. The zero-order valence-electron chi connectivity index (χ0n) is 12.4. The number of anilines is 1. The average Bonchev–Trinajstić information content (AvgIpc) is 2.40. The Morgan fingerprint density at radius 1 is 1.30 bits per heavy atom. The lowest BCUT2D eigenvalue weighted by Crippen LogP contribution is -2.27. The summed E-state index contributed by atoms with van der Waals surface area (Å²) in [5, 5.41) is 6.00. The molecule has 0 fully saturated rings. The van der Waals surface area contributed by atoms with Gasteiger partial charge < -0.3 is 15.4 Å². The molecule has 0 atom stereocenters. The van der Waals surface area contributed by atoms with Crippen LogP contribution in [0, 0.1) is 6.92 Å². The first-order valence-corrected chi connectivity index (χ1v) is 6.66. The van der Waals surface area contributed by atoms with Crippen molar-refractivity contribution in [2.45, 2.75) is 33.2 Å². The molecule has 20 heavy (non-hydrogen) atoms. The standard InChI is InChI=1S/C15H22N2O3/c1-10(2)16-8-7-14(18)17-13-9-12(15(19)20-4)6-5-11(13)3/h5-6,9-10,16H,7-8H2,1-4H3,(H,17,18). The molecule has 0 aliphatic carbocycles. The van der Waals surface area contributed by atoms with Gasteiger partial charge in [-0.15, -0.1) is 0 Å². The minimum atomic E-state index is -0.415. The van der Waals surface area contributed by atoms with E-state index in [9.17, 15) is 9.59 Å². The summed E-state index contributed by atoms with van der Waals surface area (Å²) in [5.74, 6) is -0.495. The van der Waals surface area contributed by atoms with Crippen LogP contribution in [0.3, 0.4) is 0 Å². The van der Waals surface area contributed by atoms with Gasteiger partial charge in [-0.25, -0.2) is 4.79 Å². The molecule has 0 aliphatic rings. The molecule has 5 heteroatoms. The van der Waals surface area contributed by atoms with Crippen molar-refractivity contribution in [2.75, 3.05) is 19.0 Å². The molecule has 5 nitrogen and oxygen atoms in total. The van der Waals surface area contributed by atoms with Gasteiger partial charge >= 0.3 is 5.97 Å². The molecular weight excluding hydrogens is 256 g/mol. The summed E-state index contributed by atoms with van der Waals surface area (Å²) in [7, 11) is 1.33. The number of aryl methyl sites for hydroxylation is 1. The topological polar surface area (TPSA) is 67.4 Å². The lowest BCUT2D eigenvalue weighted by molar-refractivity contribution is -0.116. The number of methoxy groups -OCH3 is 1. The monoisotopic (exact) mass is 278 g/mol. The Morgan fingerprint density at radius 3 is 2.60 bits per heavy atom. The van der Waals surface area contributed by atoms with E-state index in [1.165, 1.54) is 7.11 Å². The third-order valence-electron chi connectivity index (χ3n) is 2.84. The maximum atomic E-state index is 11.8. The van der Waals surface area contributed by atoms with Crippen molar-refractivity contribution in [3.8, 4) is 0 Å². The lowest BCUT2D eigenvalue weighted by atomic mass is 10.1. The minimum absolute atomic E-state index is 0.0803. The van der Waals surface area contributed by atoms with Gasteiger partial charge in [0.05, 0.1) is 12.7 Å². The van der Waals surface area contributed by atoms with Crippen LogP contribution < -0.4 is 10.6 Å². The Labute approximate surface area is 119 Å². The summed E-state index contributed by atoms with van der Waals surface area (Å²) in [6.45, 7) is 6.56. The number of nitrogens with one attached hydrogen (secondary N) is 2.